The van der Waals surface area contributed by atoms with Crippen molar-refractivity contribution in [3.63, 3.8) is 0 Å². The topological polar surface area (TPSA) is 52.0 Å². The van der Waals surface area contributed by atoms with Crippen molar-refractivity contribution in [2.45, 2.75) is 57.4 Å². The minimum Gasteiger partial charge on any atom is -0.440 e. The summed E-state index contributed by atoms with van der Waals surface area (Å²) in [5.41, 5.74) is 9.39. The molecule has 1 aliphatic rings. The quantitative estimate of drug-likeness (QED) is 0.897. The van der Waals surface area contributed by atoms with Crippen LogP contribution in [0.1, 0.15) is 52.0 Å². The molecule has 1 saturated carbocycles. The average molecular weight is 258 g/mol. The Morgan fingerprint density at radius 1 is 1.32 bits per heavy atom. The van der Waals surface area contributed by atoms with Gasteiger partial charge < -0.3 is 10.2 Å². The number of hydrogen-bond acceptors (Lipinski definition) is 3. The van der Waals surface area contributed by atoms with Crippen LogP contribution in [0.4, 0.5) is 0 Å². The predicted octanol–water partition coefficient (Wildman–Crippen LogP) is 3.50. The summed E-state index contributed by atoms with van der Waals surface area (Å²) in [7, 11) is 0. The van der Waals surface area contributed by atoms with Crippen LogP contribution in [0.2, 0.25) is 0 Å². The summed E-state index contributed by atoms with van der Waals surface area (Å²) in [6.45, 7) is 8.44. The summed E-state index contributed by atoms with van der Waals surface area (Å²) in [6, 6.07) is 6.54. The molecule has 0 amide bonds. The highest BCUT2D eigenvalue weighted by Crippen LogP contribution is 2.50. The maximum absolute atomic E-state index is 6.14. The van der Waals surface area contributed by atoms with E-state index >= 15 is 0 Å². The van der Waals surface area contributed by atoms with Gasteiger partial charge in [0.2, 0.25) is 5.89 Å². The number of rotatable bonds is 2. The number of oxazole rings is 1. The fraction of sp³-hybridized carbons (Fsp3) is 0.562. The largest absolute Gasteiger partial charge is 0.440 e. The summed E-state index contributed by atoms with van der Waals surface area (Å²) in [5.74, 6) is 0.797. The molecule has 0 aliphatic heterocycles. The van der Waals surface area contributed by atoms with Gasteiger partial charge in [0.05, 0.1) is 0 Å². The number of nitrogens with two attached hydrogens (primary N) is 1. The molecule has 3 nitrogen and oxygen atoms in total. The Labute approximate surface area is 114 Å². The van der Waals surface area contributed by atoms with E-state index in [0.717, 1.165) is 17.0 Å². The lowest BCUT2D eigenvalue weighted by Gasteiger charge is -2.19. The number of nitrogens with zero attached hydrogens (tertiary/aromatic N) is 1. The first-order valence-corrected chi connectivity index (χ1v) is 7.00. The molecule has 0 bridgehead atoms. The summed E-state index contributed by atoms with van der Waals surface area (Å²) in [6.07, 6.45) is 2.36. The molecule has 0 spiro atoms. The van der Waals surface area contributed by atoms with Crippen LogP contribution in [0.15, 0.2) is 22.6 Å². The Kier molecular flexibility index (Phi) is 2.55. The van der Waals surface area contributed by atoms with Crippen molar-refractivity contribution < 1.29 is 4.42 Å². The monoisotopic (exact) mass is 258 g/mol. The highest BCUT2D eigenvalue weighted by molar-refractivity contribution is 5.74. The molecule has 0 radical (unpaired) electrons. The fourth-order valence-corrected chi connectivity index (χ4v) is 2.70. The standard InChI is InChI=1S/C16H22N2O/c1-10(17)16(7-8-16)11-5-6-13-12(9-11)18-14(19-13)15(2,3)4/h5-6,9-10H,7-8,17H2,1-4H3. The van der Waals surface area contributed by atoms with Crippen molar-refractivity contribution in [2.75, 3.05) is 0 Å². The lowest BCUT2D eigenvalue weighted by atomic mass is 9.89. The molecular weight excluding hydrogens is 236 g/mol. The van der Waals surface area contributed by atoms with Crippen LogP contribution >= 0.6 is 0 Å². The van der Waals surface area contributed by atoms with Crippen LogP contribution in [0, 0.1) is 0 Å². The number of aromatic nitrogens is 1. The molecular formula is C16H22N2O. The van der Waals surface area contributed by atoms with Gasteiger partial charge in [-0.1, -0.05) is 26.8 Å². The Hall–Kier alpha value is -1.35. The molecule has 3 rings (SSSR count). The Morgan fingerprint density at radius 2 is 2.00 bits per heavy atom. The Bertz CT molecular complexity index is 615. The summed E-state index contributed by atoms with van der Waals surface area (Å²) in [5, 5.41) is 0. The SMILES string of the molecule is CC(N)C1(c2ccc3oc(C(C)(C)C)nc3c2)CC1. The van der Waals surface area contributed by atoms with Crippen LogP contribution in [0.25, 0.3) is 11.1 Å². The second kappa shape index (κ2) is 3.83. The van der Waals surface area contributed by atoms with Crippen molar-refractivity contribution in [3.05, 3.63) is 29.7 Å². The van der Waals surface area contributed by atoms with Crippen LogP contribution in [0.5, 0.6) is 0 Å². The Balaban J connectivity index is 2.07. The lowest BCUT2D eigenvalue weighted by Crippen LogP contribution is -2.31. The summed E-state index contributed by atoms with van der Waals surface area (Å²) >= 11 is 0. The highest BCUT2D eigenvalue weighted by Gasteiger charge is 2.47. The third-order valence-corrected chi connectivity index (χ3v) is 4.26. The normalized spacial score (nSPS) is 19.6. The third kappa shape index (κ3) is 1.96. The second-order valence-corrected chi connectivity index (χ2v) is 6.90. The molecule has 1 atom stereocenters. The van der Waals surface area contributed by atoms with E-state index < -0.39 is 0 Å². The first-order chi connectivity index (χ1) is 8.83. The van der Waals surface area contributed by atoms with E-state index in [4.69, 9.17) is 10.2 Å². The minimum absolute atomic E-state index is 0.0579. The summed E-state index contributed by atoms with van der Waals surface area (Å²) < 4.78 is 5.84. The van der Waals surface area contributed by atoms with Crippen LogP contribution in [0.3, 0.4) is 0 Å². The third-order valence-electron chi connectivity index (χ3n) is 4.26. The van der Waals surface area contributed by atoms with Gasteiger partial charge in [-0.25, -0.2) is 4.98 Å². The molecule has 2 aromatic rings. The van der Waals surface area contributed by atoms with Crippen LogP contribution < -0.4 is 5.73 Å². The first-order valence-electron chi connectivity index (χ1n) is 7.00. The molecule has 1 aromatic carbocycles. The van der Waals surface area contributed by atoms with Crippen molar-refractivity contribution in [1.82, 2.24) is 4.98 Å². The molecule has 0 saturated heterocycles. The maximum Gasteiger partial charge on any atom is 0.200 e. The number of benzene rings is 1. The van der Waals surface area contributed by atoms with E-state index in [0.29, 0.717) is 0 Å². The molecule has 19 heavy (non-hydrogen) atoms. The first kappa shape index (κ1) is 12.7. The molecule has 1 heterocycles. The van der Waals surface area contributed by atoms with Gasteiger partial charge in [-0.2, -0.15) is 0 Å². The van der Waals surface area contributed by atoms with Gasteiger partial charge in [0.1, 0.15) is 5.52 Å². The van der Waals surface area contributed by atoms with E-state index in [1.807, 2.05) is 6.07 Å². The molecule has 1 aromatic heterocycles. The molecule has 1 fully saturated rings. The molecule has 1 aliphatic carbocycles. The number of hydrogen-bond donors (Lipinski definition) is 1. The van der Waals surface area contributed by atoms with E-state index in [1.54, 1.807) is 0 Å². The molecule has 2 N–H and O–H groups in total. The van der Waals surface area contributed by atoms with Crippen LogP contribution in [-0.2, 0) is 10.8 Å². The Morgan fingerprint density at radius 3 is 2.53 bits per heavy atom. The molecule has 3 heteroatoms. The minimum atomic E-state index is -0.0579. The van der Waals surface area contributed by atoms with E-state index in [1.165, 1.54) is 18.4 Å². The molecule has 1 unspecified atom stereocenters. The van der Waals surface area contributed by atoms with Crippen molar-refractivity contribution in [3.8, 4) is 0 Å². The van der Waals surface area contributed by atoms with E-state index in [-0.39, 0.29) is 16.9 Å². The predicted molar refractivity (Wildman–Crippen MR) is 77.3 cm³/mol. The van der Waals surface area contributed by atoms with Crippen molar-refractivity contribution in [1.29, 1.82) is 0 Å². The average Bonchev–Trinajstić information content (AvgIpc) is 3.01. The highest BCUT2D eigenvalue weighted by atomic mass is 16.3. The van der Waals surface area contributed by atoms with Crippen molar-refractivity contribution in [2.24, 2.45) is 5.73 Å². The smallest absolute Gasteiger partial charge is 0.200 e. The van der Waals surface area contributed by atoms with Gasteiger partial charge >= 0.3 is 0 Å². The zero-order chi connectivity index (χ0) is 13.8. The van der Waals surface area contributed by atoms with Gasteiger partial charge in [0.15, 0.2) is 5.58 Å². The van der Waals surface area contributed by atoms with Crippen LogP contribution in [-0.4, -0.2) is 11.0 Å². The zero-order valence-corrected chi connectivity index (χ0v) is 12.2. The van der Waals surface area contributed by atoms with E-state index in [2.05, 4.69) is 44.8 Å². The maximum atomic E-state index is 6.14. The van der Waals surface area contributed by atoms with Crippen molar-refractivity contribution >= 4 is 11.1 Å². The zero-order valence-electron chi connectivity index (χ0n) is 12.2. The van der Waals surface area contributed by atoms with Gasteiger partial charge in [-0.15, -0.1) is 0 Å². The lowest BCUT2D eigenvalue weighted by molar-refractivity contribution is 0.411. The van der Waals surface area contributed by atoms with Gasteiger partial charge in [-0.05, 0) is 37.5 Å². The number of fused-ring (bicyclic) bond motifs is 1. The van der Waals surface area contributed by atoms with Gasteiger partial charge in [0, 0.05) is 16.9 Å². The van der Waals surface area contributed by atoms with Gasteiger partial charge in [0.25, 0.3) is 0 Å². The fourth-order valence-electron chi connectivity index (χ4n) is 2.70. The van der Waals surface area contributed by atoms with Gasteiger partial charge in [-0.3, -0.25) is 0 Å². The second-order valence-electron chi connectivity index (χ2n) is 6.90. The molecule has 102 valence electrons. The summed E-state index contributed by atoms with van der Waals surface area (Å²) in [4.78, 5) is 4.64. The van der Waals surface area contributed by atoms with E-state index in [9.17, 15) is 0 Å².